The number of hydrogen-bond donors (Lipinski definition) is 2. The van der Waals surface area contributed by atoms with E-state index in [1.165, 1.54) is 0 Å². The summed E-state index contributed by atoms with van der Waals surface area (Å²) in [6.07, 6.45) is -0.0271. The van der Waals surface area contributed by atoms with Crippen molar-refractivity contribution in [1.82, 2.24) is 5.32 Å². The fourth-order valence-electron chi connectivity index (χ4n) is 1.21. The highest BCUT2D eigenvalue weighted by atomic mass is 16.6. The number of ether oxygens (including phenoxy) is 2. The smallest absolute Gasteiger partial charge is 0.412 e. The Morgan fingerprint density at radius 2 is 2.18 bits per heavy atom. The molecule has 1 aromatic rings. The minimum absolute atomic E-state index is 0.0418. The highest BCUT2D eigenvalue weighted by Gasteiger charge is 2.04. The molecule has 0 aliphatic rings. The maximum Gasteiger partial charge on any atom is 0.412 e. The van der Waals surface area contributed by atoms with Crippen LogP contribution in [0, 0.1) is 0 Å². The highest BCUT2D eigenvalue weighted by molar-refractivity contribution is 5.70. The van der Waals surface area contributed by atoms with Crippen molar-refractivity contribution in [2.24, 2.45) is 0 Å². The van der Waals surface area contributed by atoms with Gasteiger partial charge in [-0.15, -0.1) is 0 Å². The Kier molecular flexibility index (Phi) is 5.88. The third-order valence-electron chi connectivity index (χ3n) is 1.93. The summed E-state index contributed by atoms with van der Waals surface area (Å²) in [5.74, 6) is 1.09. The zero-order chi connectivity index (χ0) is 12.5. The molecule has 1 aromatic carbocycles. The van der Waals surface area contributed by atoms with E-state index in [2.05, 4.69) is 5.32 Å². The summed E-state index contributed by atoms with van der Waals surface area (Å²) < 4.78 is 10.3. The van der Waals surface area contributed by atoms with Gasteiger partial charge in [-0.3, -0.25) is 0 Å². The lowest BCUT2D eigenvalue weighted by Gasteiger charge is -2.07. The molecule has 0 fully saturated rings. The van der Waals surface area contributed by atoms with E-state index >= 15 is 0 Å². The number of aliphatic hydroxyl groups excluding tert-OH is 1. The van der Waals surface area contributed by atoms with Crippen molar-refractivity contribution in [2.45, 2.75) is 13.3 Å². The molecule has 17 heavy (non-hydrogen) atoms. The van der Waals surface area contributed by atoms with Crippen LogP contribution in [0.25, 0.3) is 0 Å². The molecule has 2 N–H and O–H groups in total. The van der Waals surface area contributed by atoms with Crippen molar-refractivity contribution >= 4 is 6.09 Å². The van der Waals surface area contributed by atoms with Crippen LogP contribution in [0.1, 0.15) is 13.3 Å². The van der Waals surface area contributed by atoms with Crippen LogP contribution in [0.3, 0.4) is 0 Å². The molecule has 0 heterocycles. The van der Waals surface area contributed by atoms with Gasteiger partial charge < -0.3 is 19.9 Å². The van der Waals surface area contributed by atoms with E-state index in [4.69, 9.17) is 14.6 Å². The lowest BCUT2D eigenvalue weighted by Crippen LogP contribution is -2.28. The van der Waals surface area contributed by atoms with Crippen molar-refractivity contribution in [3.63, 3.8) is 0 Å². The second-order valence-corrected chi connectivity index (χ2v) is 3.30. The molecule has 0 aromatic heterocycles. The second kappa shape index (κ2) is 7.51. The first-order valence-corrected chi connectivity index (χ1v) is 5.55. The number of benzene rings is 1. The van der Waals surface area contributed by atoms with E-state index in [-0.39, 0.29) is 6.61 Å². The molecule has 5 nitrogen and oxygen atoms in total. The zero-order valence-electron chi connectivity index (χ0n) is 9.81. The standard InChI is InChI=1S/C12H17NO4/c1-2-16-10-5-3-6-11(9-10)17-12(15)13-7-4-8-14/h3,5-6,9,14H,2,4,7-8H2,1H3,(H,13,15). The molecule has 0 bridgehead atoms. The lowest BCUT2D eigenvalue weighted by atomic mass is 10.3. The fourth-order valence-corrected chi connectivity index (χ4v) is 1.21. The number of carbonyl (C=O) groups excluding carboxylic acids is 1. The topological polar surface area (TPSA) is 67.8 Å². The molecule has 0 aliphatic carbocycles. The van der Waals surface area contributed by atoms with Gasteiger partial charge in [0.2, 0.25) is 0 Å². The first kappa shape index (κ1) is 13.3. The molecule has 5 heteroatoms. The molecule has 0 aliphatic heterocycles. The summed E-state index contributed by atoms with van der Waals surface area (Å²) >= 11 is 0. The summed E-state index contributed by atoms with van der Waals surface area (Å²) in [6.45, 7) is 2.88. The molecule has 0 radical (unpaired) electrons. The largest absolute Gasteiger partial charge is 0.494 e. The minimum Gasteiger partial charge on any atom is -0.494 e. The molecule has 0 unspecified atom stereocenters. The van der Waals surface area contributed by atoms with Gasteiger partial charge in [-0.25, -0.2) is 4.79 Å². The van der Waals surface area contributed by atoms with Crippen molar-refractivity contribution in [3.8, 4) is 11.5 Å². The number of amides is 1. The van der Waals surface area contributed by atoms with E-state index < -0.39 is 6.09 Å². The van der Waals surface area contributed by atoms with Crippen LogP contribution in [0.2, 0.25) is 0 Å². The average molecular weight is 239 g/mol. The number of hydrogen-bond acceptors (Lipinski definition) is 4. The third-order valence-corrected chi connectivity index (χ3v) is 1.93. The van der Waals surface area contributed by atoms with E-state index in [0.717, 1.165) is 0 Å². The normalized spacial score (nSPS) is 9.76. The summed E-state index contributed by atoms with van der Waals surface area (Å²) in [7, 11) is 0. The van der Waals surface area contributed by atoms with E-state index in [1.807, 2.05) is 6.92 Å². The molecular weight excluding hydrogens is 222 g/mol. The Balaban J connectivity index is 2.44. The van der Waals surface area contributed by atoms with Crippen LogP contribution in [-0.4, -0.2) is 31.0 Å². The van der Waals surface area contributed by atoms with Crippen molar-refractivity contribution in [2.75, 3.05) is 19.8 Å². The Labute approximate surface area is 100 Å². The molecule has 1 rings (SSSR count). The molecular formula is C12H17NO4. The van der Waals surface area contributed by atoms with Crippen LogP contribution < -0.4 is 14.8 Å². The van der Waals surface area contributed by atoms with Gasteiger partial charge in [0, 0.05) is 19.2 Å². The number of aliphatic hydroxyl groups is 1. The predicted molar refractivity (Wildman–Crippen MR) is 63.3 cm³/mol. The SMILES string of the molecule is CCOc1cccc(OC(=O)NCCCO)c1. The van der Waals surface area contributed by atoms with Crippen LogP contribution in [-0.2, 0) is 0 Å². The van der Waals surface area contributed by atoms with Crippen molar-refractivity contribution in [3.05, 3.63) is 24.3 Å². The second-order valence-electron chi connectivity index (χ2n) is 3.30. The first-order chi connectivity index (χ1) is 8.26. The van der Waals surface area contributed by atoms with Crippen LogP contribution in [0.15, 0.2) is 24.3 Å². The first-order valence-electron chi connectivity index (χ1n) is 5.55. The molecule has 0 spiro atoms. The quantitative estimate of drug-likeness (QED) is 0.739. The number of carbonyl (C=O) groups is 1. The summed E-state index contributed by atoms with van der Waals surface area (Å²) in [6, 6.07) is 6.87. The maximum absolute atomic E-state index is 11.3. The maximum atomic E-state index is 11.3. The van der Waals surface area contributed by atoms with Crippen molar-refractivity contribution in [1.29, 1.82) is 0 Å². The summed E-state index contributed by atoms with van der Waals surface area (Å²) in [5, 5.41) is 11.1. The molecule has 0 saturated heterocycles. The zero-order valence-corrected chi connectivity index (χ0v) is 9.81. The van der Waals surface area contributed by atoms with Gasteiger partial charge in [0.1, 0.15) is 11.5 Å². The molecule has 1 amide bonds. The van der Waals surface area contributed by atoms with Gasteiger partial charge in [-0.1, -0.05) is 6.07 Å². The minimum atomic E-state index is -0.535. The monoisotopic (exact) mass is 239 g/mol. The van der Waals surface area contributed by atoms with Gasteiger partial charge >= 0.3 is 6.09 Å². The van der Waals surface area contributed by atoms with Crippen LogP contribution >= 0.6 is 0 Å². The third kappa shape index (κ3) is 5.21. The predicted octanol–water partition coefficient (Wildman–Crippen LogP) is 1.56. The van der Waals surface area contributed by atoms with E-state index in [9.17, 15) is 4.79 Å². The van der Waals surface area contributed by atoms with Gasteiger partial charge in [0.15, 0.2) is 0 Å². The Hall–Kier alpha value is -1.75. The molecule has 94 valence electrons. The Morgan fingerprint density at radius 3 is 2.88 bits per heavy atom. The summed E-state index contributed by atoms with van der Waals surface area (Å²) in [4.78, 5) is 11.3. The summed E-state index contributed by atoms with van der Waals surface area (Å²) in [5.41, 5.74) is 0. The Bertz CT molecular complexity index is 354. The van der Waals surface area contributed by atoms with E-state index in [0.29, 0.717) is 31.1 Å². The van der Waals surface area contributed by atoms with Crippen molar-refractivity contribution < 1.29 is 19.4 Å². The molecule has 0 saturated carbocycles. The fraction of sp³-hybridized carbons (Fsp3) is 0.417. The van der Waals surface area contributed by atoms with Crippen LogP contribution in [0.4, 0.5) is 4.79 Å². The van der Waals surface area contributed by atoms with Crippen LogP contribution in [0.5, 0.6) is 11.5 Å². The number of rotatable bonds is 6. The Morgan fingerprint density at radius 1 is 1.41 bits per heavy atom. The van der Waals surface area contributed by atoms with E-state index in [1.54, 1.807) is 24.3 Å². The van der Waals surface area contributed by atoms with Gasteiger partial charge in [0.25, 0.3) is 0 Å². The lowest BCUT2D eigenvalue weighted by molar-refractivity contribution is 0.198. The van der Waals surface area contributed by atoms with Gasteiger partial charge in [0.05, 0.1) is 6.61 Å². The average Bonchev–Trinajstić information content (AvgIpc) is 2.30. The van der Waals surface area contributed by atoms with Gasteiger partial charge in [-0.05, 0) is 25.5 Å². The highest BCUT2D eigenvalue weighted by Crippen LogP contribution is 2.19. The molecule has 0 atom stereocenters. The van der Waals surface area contributed by atoms with Gasteiger partial charge in [-0.2, -0.15) is 0 Å². The number of nitrogens with one attached hydrogen (secondary N) is 1.